The first-order valence-electron chi connectivity index (χ1n) is 4.78. The van der Waals surface area contributed by atoms with E-state index in [9.17, 15) is 9.59 Å². The zero-order valence-corrected chi connectivity index (χ0v) is 10.6. The van der Waals surface area contributed by atoms with Gasteiger partial charge in [-0.3, -0.25) is 9.59 Å². The van der Waals surface area contributed by atoms with Crippen LogP contribution in [0.1, 0.15) is 10.4 Å². The van der Waals surface area contributed by atoms with Crippen LogP contribution in [-0.4, -0.2) is 31.2 Å². The van der Waals surface area contributed by atoms with Crippen LogP contribution in [0.5, 0.6) is 5.75 Å². The van der Waals surface area contributed by atoms with Crippen molar-refractivity contribution in [2.24, 2.45) is 0 Å². The van der Waals surface area contributed by atoms with E-state index in [1.807, 2.05) is 0 Å². The van der Waals surface area contributed by atoms with Crippen molar-refractivity contribution in [3.63, 3.8) is 0 Å². The molecule has 0 bridgehead atoms. The Morgan fingerprint density at radius 1 is 1.41 bits per heavy atom. The summed E-state index contributed by atoms with van der Waals surface area (Å²) in [6, 6.07) is 4.74. The van der Waals surface area contributed by atoms with Gasteiger partial charge in [0.2, 0.25) is 5.91 Å². The van der Waals surface area contributed by atoms with Gasteiger partial charge in [0.1, 0.15) is 11.6 Å². The molecular weight excluding hydrogens is 265 g/mol. The van der Waals surface area contributed by atoms with Crippen LogP contribution in [0.15, 0.2) is 18.2 Å². The van der Waals surface area contributed by atoms with E-state index in [-0.39, 0.29) is 18.2 Å². The van der Waals surface area contributed by atoms with Gasteiger partial charge in [0.25, 0.3) is 0 Å². The third-order valence-corrected chi connectivity index (χ3v) is 2.61. The normalized spacial score (nSPS) is 9.82. The van der Waals surface area contributed by atoms with Gasteiger partial charge in [-0.1, -0.05) is 11.6 Å². The minimum Gasteiger partial charge on any atom is -0.497 e. The number of hydrogen-bond acceptors (Lipinski definition) is 3. The standard InChI is InChI=1S/C11H11Cl2NO3/c1-17-7-2-3-9(13)8(4-7)10(15)6-14-11(16)5-12/h2-4H,5-6H2,1H3,(H,14,16). The molecule has 17 heavy (non-hydrogen) atoms. The van der Waals surface area contributed by atoms with Crippen molar-refractivity contribution in [2.75, 3.05) is 19.5 Å². The number of alkyl halides is 1. The summed E-state index contributed by atoms with van der Waals surface area (Å²) in [7, 11) is 1.49. The van der Waals surface area contributed by atoms with Crippen molar-refractivity contribution in [3.8, 4) is 5.75 Å². The number of carbonyl (C=O) groups is 2. The number of nitrogens with one attached hydrogen (secondary N) is 1. The number of Topliss-reactive ketones (excluding diaryl/α,β-unsaturated/α-hetero) is 1. The Hall–Kier alpha value is -1.26. The van der Waals surface area contributed by atoms with Crippen LogP contribution in [-0.2, 0) is 4.79 Å². The number of amides is 1. The molecule has 0 aromatic heterocycles. The molecule has 1 rings (SSSR count). The average Bonchev–Trinajstić information content (AvgIpc) is 2.36. The van der Waals surface area contributed by atoms with E-state index in [1.165, 1.54) is 13.2 Å². The fraction of sp³-hybridized carbons (Fsp3) is 0.273. The highest BCUT2D eigenvalue weighted by atomic mass is 35.5. The Kier molecular flexibility index (Phi) is 5.25. The highest BCUT2D eigenvalue weighted by Gasteiger charge is 2.12. The Bertz CT molecular complexity index is 435. The number of methoxy groups -OCH3 is 1. The number of ether oxygens (including phenoxy) is 1. The molecule has 1 aromatic rings. The molecule has 0 aliphatic carbocycles. The summed E-state index contributed by atoms with van der Waals surface area (Å²) in [5.74, 6) is -0.355. The van der Waals surface area contributed by atoms with Crippen LogP contribution in [0.4, 0.5) is 0 Å². The molecule has 6 heteroatoms. The van der Waals surface area contributed by atoms with E-state index in [1.54, 1.807) is 12.1 Å². The zero-order valence-electron chi connectivity index (χ0n) is 9.13. The Morgan fingerprint density at radius 3 is 2.71 bits per heavy atom. The summed E-state index contributed by atoms with van der Waals surface area (Å²) in [4.78, 5) is 22.7. The zero-order chi connectivity index (χ0) is 12.8. The lowest BCUT2D eigenvalue weighted by Crippen LogP contribution is -2.30. The van der Waals surface area contributed by atoms with Crippen molar-refractivity contribution in [2.45, 2.75) is 0 Å². The highest BCUT2D eigenvalue weighted by Crippen LogP contribution is 2.22. The second kappa shape index (κ2) is 6.47. The monoisotopic (exact) mass is 275 g/mol. The molecule has 1 aromatic carbocycles. The molecule has 0 aliphatic rings. The SMILES string of the molecule is COc1ccc(Cl)c(C(=O)CNC(=O)CCl)c1. The van der Waals surface area contributed by atoms with E-state index in [4.69, 9.17) is 27.9 Å². The molecule has 0 unspecified atom stereocenters. The average molecular weight is 276 g/mol. The molecule has 0 atom stereocenters. The maximum Gasteiger partial charge on any atom is 0.235 e. The largest absolute Gasteiger partial charge is 0.497 e. The maximum absolute atomic E-state index is 11.8. The van der Waals surface area contributed by atoms with Crippen molar-refractivity contribution in [1.82, 2.24) is 5.32 Å². The molecule has 92 valence electrons. The predicted octanol–water partition coefficient (Wildman–Crippen LogP) is 1.89. The number of benzene rings is 1. The van der Waals surface area contributed by atoms with Crippen LogP contribution in [0.3, 0.4) is 0 Å². The number of ketones is 1. The summed E-state index contributed by atoms with van der Waals surface area (Å²) in [6.07, 6.45) is 0. The minimum absolute atomic E-state index is 0.140. The lowest BCUT2D eigenvalue weighted by molar-refractivity contribution is -0.118. The van der Waals surface area contributed by atoms with Crippen molar-refractivity contribution >= 4 is 34.9 Å². The molecule has 0 spiro atoms. The highest BCUT2D eigenvalue weighted by molar-refractivity contribution is 6.34. The summed E-state index contributed by atoms with van der Waals surface area (Å²) >= 11 is 11.2. The number of rotatable bonds is 5. The number of carbonyl (C=O) groups excluding carboxylic acids is 2. The fourth-order valence-electron chi connectivity index (χ4n) is 1.17. The van der Waals surface area contributed by atoms with Crippen LogP contribution < -0.4 is 10.1 Å². The molecule has 0 aliphatic heterocycles. The molecule has 0 radical (unpaired) electrons. The molecule has 1 N–H and O–H groups in total. The van der Waals surface area contributed by atoms with Crippen LogP contribution in [0, 0.1) is 0 Å². The van der Waals surface area contributed by atoms with Crippen molar-refractivity contribution in [1.29, 1.82) is 0 Å². The van der Waals surface area contributed by atoms with Gasteiger partial charge in [-0.2, -0.15) is 0 Å². The summed E-state index contributed by atoms with van der Waals surface area (Å²) in [6.45, 7) is -0.140. The summed E-state index contributed by atoms with van der Waals surface area (Å²) in [5, 5.41) is 2.69. The van der Waals surface area contributed by atoms with Crippen LogP contribution in [0.25, 0.3) is 0 Å². The van der Waals surface area contributed by atoms with Gasteiger partial charge >= 0.3 is 0 Å². The van der Waals surface area contributed by atoms with Gasteiger partial charge in [-0.25, -0.2) is 0 Å². The third kappa shape index (κ3) is 3.91. The Morgan fingerprint density at radius 2 is 2.12 bits per heavy atom. The van der Waals surface area contributed by atoms with Crippen LogP contribution in [0.2, 0.25) is 5.02 Å². The first kappa shape index (κ1) is 13.8. The Balaban J connectivity index is 2.77. The van der Waals surface area contributed by atoms with E-state index >= 15 is 0 Å². The van der Waals surface area contributed by atoms with E-state index < -0.39 is 5.91 Å². The molecule has 0 saturated heterocycles. The van der Waals surface area contributed by atoms with Gasteiger partial charge in [0.05, 0.1) is 18.7 Å². The van der Waals surface area contributed by atoms with E-state index in [0.717, 1.165) is 0 Å². The van der Waals surface area contributed by atoms with E-state index in [2.05, 4.69) is 5.32 Å². The van der Waals surface area contributed by atoms with E-state index in [0.29, 0.717) is 16.3 Å². The first-order valence-corrected chi connectivity index (χ1v) is 5.69. The summed E-state index contributed by atoms with van der Waals surface area (Å²) < 4.78 is 4.99. The van der Waals surface area contributed by atoms with Crippen molar-refractivity contribution < 1.29 is 14.3 Å². The molecule has 0 saturated carbocycles. The second-order valence-electron chi connectivity index (χ2n) is 3.18. The fourth-order valence-corrected chi connectivity index (χ4v) is 1.48. The van der Waals surface area contributed by atoms with Crippen molar-refractivity contribution in [3.05, 3.63) is 28.8 Å². The first-order chi connectivity index (χ1) is 8.08. The lowest BCUT2D eigenvalue weighted by Gasteiger charge is -2.07. The number of halogens is 2. The predicted molar refractivity (Wildman–Crippen MR) is 66.1 cm³/mol. The molecule has 0 heterocycles. The van der Waals surface area contributed by atoms with Gasteiger partial charge in [-0.15, -0.1) is 11.6 Å². The van der Waals surface area contributed by atoms with Crippen LogP contribution >= 0.6 is 23.2 Å². The summed E-state index contributed by atoms with van der Waals surface area (Å²) in [5.41, 5.74) is 0.306. The third-order valence-electron chi connectivity index (χ3n) is 2.04. The second-order valence-corrected chi connectivity index (χ2v) is 3.85. The smallest absolute Gasteiger partial charge is 0.235 e. The molecule has 0 fully saturated rings. The Labute approximate surface area is 109 Å². The molecule has 1 amide bonds. The van der Waals surface area contributed by atoms with Gasteiger partial charge in [-0.05, 0) is 18.2 Å². The van der Waals surface area contributed by atoms with Gasteiger partial charge in [0.15, 0.2) is 5.78 Å². The molecule has 4 nitrogen and oxygen atoms in total. The number of hydrogen-bond donors (Lipinski definition) is 1. The lowest BCUT2D eigenvalue weighted by atomic mass is 10.1. The topological polar surface area (TPSA) is 55.4 Å². The maximum atomic E-state index is 11.8. The van der Waals surface area contributed by atoms with Gasteiger partial charge in [0, 0.05) is 5.56 Å². The minimum atomic E-state index is -0.404. The quantitative estimate of drug-likeness (QED) is 0.660. The van der Waals surface area contributed by atoms with Gasteiger partial charge < -0.3 is 10.1 Å². The molecular formula is C11H11Cl2NO3.